The molecule has 1 fully saturated rings. The summed E-state index contributed by atoms with van der Waals surface area (Å²) in [5.74, 6) is -0.304. The minimum atomic E-state index is -0.308. The summed E-state index contributed by atoms with van der Waals surface area (Å²) in [6, 6.07) is 8.46. The molecule has 1 aromatic rings. The second kappa shape index (κ2) is 7.29. The number of nitrogens with zero attached hydrogens (tertiary/aromatic N) is 1. The van der Waals surface area contributed by atoms with Gasteiger partial charge in [-0.25, -0.2) is 4.79 Å². The molecular weight excluding hydrogens is 268 g/mol. The normalized spacial score (nSPS) is 14.2. The van der Waals surface area contributed by atoms with Crippen LogP contribution in [-0.4, -0.2) is 24.5 Å². The molecule has 0 aliphatic heterocycles. The van der Waals surface area contributed by atoms with Crippen LogP contribution < -0.4 is 16.0 Å². The molecule has 2 rings (SSSR count). The van der Waals surface area contributed by atoms with Gasteiger partial charge in [-0.05, 0) is 37.1 Å². The van der Waals surface area contributed by atoms with E-state index in [0.29, 0.717) is 11.3 Å². The van der Waals surface area contributed by atoms with Gasteiger partial charge in [0.1, 0.15) is 0 Å². The number of nitrogens with one attached hydrogen (secondary N) is 3. The van der Waals surface area contributed by atoms with Crippen LogP contribution in [0.1, 0.15) is 31.2 Å². The molecule has 1 saturated carbocycles. The third kappa shape index (κ3) is 4.80. The number of carbonyl (C=O) groups excluding carboxylic acids is 2. The summed E-state index contributed by atoms with van der Waals surface area (Å²) in [5, 5.41) is 16.7. The van der Waals surface area contributed by atoms with Crippen LogP contribution in [-0.2, 0) is 4.79 Å². The van der Waals surface area contributed by atoms with Gasteiger partial charge in [-0.3, -0.25) is 4.79 Å². The summed E-state index contributed by atoms with van der Waals surface area (Å²) < 4.78 is 0. The van der Waals surface area contributed by atoms with E-state index in [1.165, 1.54) is 0 Å². The summed E-state index contributed by atoms with van der Waals surface area (Å²) in [6.45, 7) is -0.0848. The Hall–Kier alpha value is -2.55. The Morgan fingerprint density at radius 3 is 2.48 bits per heavy atom. The fourth-order valence-corrected chi connectivity index (χ4v) is 2.30. The van der Waals surface area contributed by atoms with E-state index >= 15 is 0 Å². The molecule has 0 unspecified atom stereocenters. The Bertz CT molecular complexity index is 542. The highest BCUT2D eigenvalue weighted by atomic mass is 16.2. The van der Waals surface area contributed by atoms with Crippen molar-refractivity contribution in [3.05, 3.63) is 29.8 Å². The number of urea groups is 1. The van der Waals surface area contributed by atoms with Crippen molar-refractivity contribution in [3.63, 3.8) is 0 Å². The first kappa shape index (κ1) is 14.9. The molecule has 0 atom stereocenters. The fraction of sp³-hybridized carbons (Fsp3) is 0.400. The summed E-state index contributed by atoms with van der Waals surface area (Å²) >= 11 is 0. The van der Waals surface area contributed by atoms with Crippen molar-refractivity contribution in [1.82, 2.24) is 10.6 Å². The number of hydrogen-bond donors (Lipinski definition) is 3. The molecule has 0 spiro atoms. The summed E-state index contributed by atoms with van der Waals surface area (Å²) in [7, 11) is 0. The first-order chi connectivity index (χ1) is 10.2. The van der Waals surface area contributed by atoms with Crippen molar-refractivity contribution in [1.29, 1.82) is 5.26 Å². The molecule has 0 heterocycles. The van der Waals surface area contributed by atoms with Crippen molar-refractivity contribution >= 4 is 17.6 Å². The molecule has 1 aliphatic rings. The maximum atomic E-state index is 11.7. The van der Waals surface area contributed by atoms with Crippen LogP contribution in [0.25, 0.3) is 0 Å². The first-order valence-electron chi connectivity index (χ1n) is 7.02. The molecule has 0 bridgehead atoms. The lowest BCUT2D eigenvalue weighted by Crippen LogP contribution is -2.43. The number of benzene rings is 1. The van der Waals surface area contributed by atoms with Crippen molar-refractivity contribution in [3.8, 4) is 6.07 Å². The number of anilines is 1. The number of rotatable bonds is 4. The lowest BCUT2D eigenvalue weighted by molar-refractivity contribution is -0.115. The molecule has 0 saturated heterocycles. The van der Waals surface area contributed by atoms with E-state index in [1.54, 1.807) is 24.3 Å². The van der Waals surface area contributed by atoms with Gasteiger partial charge < -0.3 is 16.0 Å². The number of carbonyl (C=O) groups is 2. The largest absolute Gasteiger partial charge is 0.335 e. The van der Waals surface area contributed by atoms with Gasteiger partial charge in [0.05, 0.1) is 18.2 Å². The number of nitriles is 1. The topological polar surface area (TPSA) is 94.0 Å². The van der Waals surface area contributed by atoms with E-state index in [-0.39, 0.29) is 24.5 Å². The Kier molecular flexibility index (Phi) is 5.16. The minimum Gasteiger partial charge on any atom is -0.335 e. The van der Waals surface area contributed by atoms with E-state index in [2.05, 4.69) is 16.0 Å². The van der Waals surface area contributed by atoms with Crippen molar-refractivity contribution in [2.45, 2.75) is 31.7 Å². The lowest BCUT2D eigenvalue weighted by atomic mass is 10.2. The van der Waals surface area contributed by atoms with Gasteiger partial charge in [-0.15, -0.1) is 0 Å². The number of hydrogen-bond acceptors (Lipinski definition) is 3. The maximum absolute atomic E-state index is 11.7. The quantitative estimate of drug-likeness (QED) is 0.787. The van der Waals surface area contributed by atoms with Gasteiger partial charge in [-0.2, -0.15) is 5.26 Å². The van der Waals surface area contributed by atoms with Crippen LogP contribution >= 0.6 is 0 Å². The van der Waals surface area contributed by atoms with Gasteiger partial charge in [0, 0.05) is 11.7 Å². The standard InChI is InChI=1S/C15H18N4O2/c16-9-11-5-7-13(8-6-11)18-14(20)10-17-15(21)19-12-3-1-2-4-12/h5-8,12H,1-4,10H2,(H,18,20)(H2,17,19,21). The smallest absolute Gasteiger partial charge is 0.315 e. The Balaban J connectivity index is 1.71. The fourth-order valence-electron chi connectivity index (χ4n) is 2.30. The van der Waals surface area contributed by atoms with Crippen LogP contribution in [0.4, 0.5) is 10.5 Å². The Morgan fingerprint density at radius 1 is 1.19 bits per heavy atom. The van der Waals surface area contributed by atoms with Crippen LogP contribution in [0, 0.1) is 11.3 Å². The van der Waals surface area contributed by atoms with Crippen molar-refractivity contribution in [2.75, 3.05) is 11.9 Å². The molecule has 21 heavy (non-hydrogen) atoms. The number of amides is 3. The van der Waals surface area contributed by atoms with Crippen molar-refractivity contribution < 1.29 is 9.59 Å². The van der Waals surface area contributed by atoms with Crippen LogP contribution in [0.3, 0.4) is 0 Å². The average Bonchev–Trinajstić information content (AvgIpc) is 2.99. The zero-order chi connectivity index (χ0) is 15.1. The zero-order valence-corrected chi connectivity index (χ0v) is 11.7. The SMILES string of the molecule is N#Cc1ccc(NC(=O)CNC(=O)NC2CCCC2)cc1. The molecule has 3 amide bonds. The highest BCUT2D eigenvalue weighted by Crippen LogP contribution is 2.17. The summed E-state index contributed by atoms with van der Waals surface area (Å²) in [5.41, 5.74) is 1.12. The third-order valence-electron chi connectivity index (χ3n) is 3.40. The second-order valence-corrected chi connectivity index (χ2v) is 5.05. The summed E-state index contributed by atoms with van der Waals surface area (Å²) in [6.07, 6.45) is 4.30. The predicted molar refractivity (Wildman–Crippen MR) is 78.6 cm³/mol. The summed E-state index contributed by atoms with van der Waals surface area (Å²) in [4.78, 5) is 23.3. The molecule has 110 valence electrons. The molecular formula is C15H18N4O2. The van der Waals surface area contributed by atoms with E-state index in [4.69, 9.17) is 5.26 Å². The molecule has 1 aliphatic carbocycles. The molecule has 6 heteroatoms. The molecule has 0 aromatic heterocycles. The van der Waals surface area contributed by atoms with Gasteiger partial charge in [0.2, 0.25) is 5.91 Å². The zero-order valence-electron chi connectivity index (χ0n) is 11.7. The molecule has 6 nitrogen and oxygen atoms in total. The van der Waals surface area contributed by atoms with E-state index in [9.17, 15) is 9.59 Å². The van der Waals surface area contributed by atoms with Crippen molar-refractivity contribution in [2.24, 2.45) is 0 Å². The van der Waals surface area contributed by atoms with E-state index in [1.807, 2.05) is 6.07 Å². The Morgan fingerprint density at radius 2 is 1.86 bits per heavy atom. The lowest BCUT2D eigenvalue weighted by Gasteiger charge is -2.12. The van der Waals surface area contributed by atoms with Crippen LogP contribution in [0.2, 0.25) is 0 Å². The minimum absolute atomic E-state index is 0.0848. The van der Waals surface area contributed by atoms with E-state index < -0.39 is 0 Å². The predicted octanol–water partition coefficient (Wildman–Crippen LogP) is 1.74. The maximum Gasteiger partial charge on any atom is 0.315 e. The van der Waals surface area contributed by atoms with Crippen LogP contribution in [0.15, 0.2) is 24.3 Å². The molecule has 1 aromatic carbocycles. The molecule has 0 radical (unpaired) electrons. The second-order valence-electron chi connectivity index (χ2n) is 5.05. The average molecular weight is 286 g/mol. The molecule has 3 N–H and O–H groups in total. The first-order valence-corrected chi connectivity index (χ1v) is 7.02. The van der Waals surface area contributed by atoms with Gasteiger partial charge in [-0.1, -0.05) is 12.8 Å². The highest BCUT2D eigenvalue weighted by Gasteiger charge is 2.17. The van der Waals surface area contributed by atoms with Gasteiger partial charge >= 0.3 is 6.03 Å². The van der Waals surface area contributed by atoms with E-state index in [0.717, 1.165) is 25.7 Å². The van der Waals surface area contributed by atoms with Gasteiger partial charge in [0.15, 0.2) is 0 Å². The highest BCUT2D eigenvalue weighted by molar-refractivity contribution is 5.94. The third-order valence-corrected chi connectivity index (χ3v) is 3.40. The van der Waals surface area contributed by atoms with Crippen LogP contribution in [0.5, 0.6) is 0 Å². The monoisotopic (exact) mass is 286 g/mol. The Labute approximate surface area is 123 Å². The van der Waals surface area contributed by atoms with Gasteiger partial charge in [0.25, 0.3) is 0 Å².